The first kappa shape index (κ1) is 16.8. The zero-order valence-electron chi connectivity index (χ0n) is 13.4. The summed E-state index contributed by atoms with van der Waals surface area (Å²) >= 11 is 0. The largest absolute Gasteiger partial charge is 0.497 e. The molecule has 2 aromatic rings. The summed E-state index contributed by atoms with van der Waals surface area (Å²) in [5, 5.41) is 5.86. The van der Waals surface area contributed by atoms with Crippen molar-refractivity contribution in [3.63, 3.8) is 0 Å². The second-order valence-electron chi connectivity index (χ2n) is 5.04. The number of ether oxygens (including phenoxy) is 1. The third-order valence-corrected chi connectivity index (χ3v) is 3.65. The number of halogens is 1. The van der Waals surface area contributed by atoms with Crippen molar-refractivity contribution in [3.05, 3.63) is 29.2 Å². The molecule has 1 aromatic carbocycles. The molecule has 0 aliphatic carbocycles. The highest BCUT2D eigenvalue weighted by Crippen LogP contribution is 2.29. The Morgan fingerprint density at radius 3 is 2.70 bits per heavy atom. The summed E-state index contributed by atoms with van der Waals surface area (Å²) in [4.78, 5) is 26.2. The van der Waals surface area contributed by atoms with Crippen LogP contribution in [-0.2, 0) is 11.2 Å². The van der Waals surface area contributed by atoms with Crippen LogP contribution in [0.4, 0.5) is 4.39 Å². The number of amides is 2. The van der Waals surface area contributed by atoms with E-state index in [9.17, 15) is 14.0 Å². The second-order valence-corrected chi connectivity index (χ2v) is 5.04. The van der Waals surface area contributed by atoms with E-state index in [4.69, 9.17) is 4.74 Å². The molecule has 0 aliphatic rings. The smallest absolute Gasteiger partial charge is 0.267 e. The van der Waals surface area contributed by atoms with Crippen molar-refractivity contribution in [1.82, 2.24) is 15.6 Å². The number of methoxy groups -OCH3 is 1. The predicted octanol–water partition coefficient (Wildman–Crippen LogP) is 1.74. The Balaban J connectivity index is 2.46. The molecule has 1 heterocycles. The number of rotatable bonds is 6. The van der Waals surface area contributed by atoms with Crippen LogP contribution in [0.15, 0.2) is 12.1 Å². The molecule has 124 valence electrons. The van der Waals surface area contributed by atoms with Crippen molar-refractivity contribution < 1.29 is 18.7 Å². The van der Waals surface area contributed by atoms with Crippen LogP contribution in [0.2, 0.25) is 0 Å². The van der Waals surface area contributed by atoms with E-state index in [2.05, 4.69) is 15.6 Å². The number of nitrogens with one attached hydrogen (secondary N) is 3. The van der Waals surface area contributed by atoms with E-state index in [1.54, 1.807) is 13.0 Å². The normalized spacial score (nSPS) is 10.6. The number of H-pyrrole nitrogens is 1. The highest BCUT2D eigenvalue weighted by Gasteiger charge is 2.19. The van der Waals surface area contributed by atoms with Gasteiger partial charge in [-0.3, -0.25) is 9.59 Å². The van der Waals surface area contributed by atoms with Crippen molar-refractivity contribution in [2.45, 2.75) is 19.8 Å². The Labute approximate surface area is 133 Å². The number of hydrogen-bond acceptors (Lipinski definition) is 3. The van der Waals surface area contributed by atoms with Gasteiger partial charge in [-0.2, -0.15) is 0 Å². The van der Waals surface area contributed by atoms with Crippen molar-refractivity contribution in [1.29, 1.82) is 0 Å². The molecule has 0 spiro atoms. The van der Waals surface area contributed by atoms with Crippen LogP contribution >= 0.6 is 0 Å². The molecule has 0 saturated carbocycles. The minimum atomic E-state index is -0.492. The molecule has 23 heavy (non-hydrogen) atoms. The summed E-state index contributed by atoms with van der Waals surface area (Å²) in [6.45, 7) is 2.12. The van der Waals surface area contributed by atoms with Crippen molar-refractivity contribution in [3.8, 4) is 5.75 Å². The monoisotopic (exact) mass is 321 g/mol. The van der Waals surface area contributed by atoms with Crippen LogP contribution in [0.5, 0.6) is 5.75 Å². The highest BCUT2D eigenvalue weighted by atomic mass is 19.1. The lowest BCUT2D eigenvalue weighted by Crippen LogP contribution is -2.26. The molecule has 6 nitrogen and oxygen atoms in total. The number of carbonyl (C=O) groups is 2. The molecule has 0 aliphatic heterocycles. The first-order chi connectivity index (χ1) is 11.0. The van der Waals surface area contributed by atoms with E-state index >= 15 is 0 Å². The summed E-state index contributed by atoms with van der Waals surface area (Å²) in [5.41, 5.74) is 1.19. The van der Waals surface area contributed by atoms with Gasteiger partial charge >= 0.3 is 0 Å². The number of aromatic amines is 1. The molecule has 0 atom stereocenters. The zero-order chi connectivity index (χ0) is 17.0. The van der Waals surface area contributed by atoms with Gasteiger partial charge in [-0.1, -0.05) is 6.92 Å². The molecular formula is C16H20FN3O3. The maximum absolute atomic E-state index is 14.2. The number of fused-ring (bicyclic) bond motifs is 1. The summed E-state index contributed by atoms with van der Waals surface area (Å²) in [5.74, 6) is -0.531. The van der Waals surface area contributed by atoms with E-state index in [-0.39, 0.29) is 17.3 Å². The van der Waals surface area contributed by atoms with Gasteiger partial charge in [0.1, 0.15) is 11.4 Å². The lowest BCUT2D eigenvalue weighted by molar-refractivity contribution is -0.120. The fraction of sp³-hybridized carbons (Fsp3) is 0.375. The molecule has 1 aromatic heterocycles. The van der Waals surface area contributed by atoms with Gasteiger partial charge in [0, 0.05) is 31.5 Å². The minimum Gasteiger partial charge on any atom is -0.497 e. The van der Waals surface area contributed by atoms with Gasteiger partial charge in [-0.05, 0) is 18.1 Å². The quantitative estimate of drug-likeness (QED) is 0.758. The van der Waals surface area contributed by atoms with E-state index in [0.717, 1.165) is 0 Å². The predicted molar refractivity (Wildman–Crippen MR) is 85.2 cm³/mol. The lowest BCUT2D eigenvalue weighted by atomic mass is 10.1. The first-order valence-corrected chi connectivity index (χ1v) is 7.38. The van der Waals surface area contributed by atoms with Crippen LogP contribution in [0.1, 0.15) is 29.4 Å². The van der Waals surface area contributed by atoms with Gasteiger partial charge in [-0.15, -0.1) is 0 Å². The molecule has 2 rings (SSSR count). The van der Waals surface area contributed by atoms with E-state index in [1.165, 1.54) is 20.2 Å². The lowest BCUT2D eigenvalue weighted by Gasteiger charge is -2.06. The Morgan fingerprint density at radius 1 is 1.35 bits per heavy atom. The molecule has 0 unspecified atom stereocenters. The minimum absolute atomic E-state index is 0.0740. The van der Waals surface area contributed by atoms with Crippen LogP contribution in [0.3, 0.4) is 0 Å². The van der Waals surface area contributed by atoms with Gasteiger partial charge in [0.25, 0.3) is 5.91 Å². The van der Waals surface area contributed by atoms with Crippen LogP contribution in [-0.4, -0.2) is 37.5 Å². The topological polar surface area (TPSA) is 83.2 Å². The molecule has 0 saturated heterocycles. The molecule has 2 amide bonds. The molecule has 3 N–H and O–H groups in total. The highest BCUT2D eigenvalue weighted by molar-refractivity contribution is 6.01. The number of benzene rings is 1. The molecular weight excluding hydrogens is 301 g/mol. The molecule has 0 bridgehead atoms. The van der Waals surface area contributed by atoms with Crippen LogP contribution < -0.4 is 15.4 Å². The average Bonchev–Trinajstić information content (AvgIpc) is 2.93. The SMILES string of the molecule is CCC(=O)NCCc1c(C(=O)NC)[nH]c2c(F)cc(OC)cc12. The van der Waals surface area contributed by atoms with Crippen molar-refractivity contribution in [2.75, 3.05) is 20.7 Å². The molecule has 0 fully saturated rings. The van der Waals surface area contributed by atoms with Gasteiger partial charge in [0.15, 0.2) is 5.82 Å². The average molecular weight is 321 g/mol. The van der Waals surface area contributed by atoms with E-state index in [0.29, 0.717) is 41.8 Å². The first-order valence-electron chi connectivity index (χ1n) is 7.38. The summed E-state index contributed by atoms with van der Waals surface area (Å²) < 4.78 is 19.3. The van der Waals surface area contributed by atoms with Gasteiger partial charge in [0.2, 0.25) is 5.91 Å². The van der Waals surface area contributed by atoms with Crippen LogP contribution in [0.25, 0.3) is 10.9 Å². The van der Waals surface area contributed by atoms with Crippen molar-refractivity contribution in [2.24, 2.45) is 0 Å². The number of aromatic nitrogens is 1. The Bertz CT molecular complexity index is 740. The number of hydrogen-bond donors (Lipinski definition) is 3. The Morgan fingerprint density at radius 2 is 2.09 bits per heavy atom. The fourth-order valence-electron chi connectivity index (χ4n) is 2.43. The standard InChI is InChI=1S/C16H20FN3O3/c1-4-13(21)19-6-5-10-11-7-9(23-3)8-12(17)14(11)20-15(10)16(22)18-2/h7-8,20H,4-6H2,1-3H3,(H,18,22)(H,19,21). The third kappa shape index (κ3) is 3.44. The van der Waals surface area contributed by atoms with E-state index < -0.39 is 5.82 Å². The zero-order valence-corrected chi connectivity index (χ0v) is 13.4. The van der Waals surface area contributed by atoms with Gasteiger partial charge < -0.3 is 20.4 Å². The van der Waals surface area contributed by atoms with E-state index in [1.807, 2.05) is 0 Å². The molecule has 7 heteroatoms. The Hall–Kier alpha value is -2.57. The maximum atomic E-state index is 14.2. The van der Waals surface area contributed by atoms with Gasteiger partial charge in [-0.25, -0.2) is 4.39 Å². The van der Waals surface area contributed by atoms with Gasteiger partial charge in [0.05, 0.1) is 12.6 Å². The second kappa shape index (κ2) is 7.13. The summed E-state index contributed by atoms with van der Waals surface area (Å²) in [7, 11) is 2.96. The maximum Gasteiger partial charge on any atom is 0.267 e. The third-order valence-electron chi connectivity index (χ3n) is 3.65. The van der Waals surface area contributed by atoms with Crippen molar-refractivity contribution >= 4 is 22.7 Å². The molecule has 0 radical (unpaired) electrons. The Kier molecular flexibility index (Phi) is 5.20. The fourth-order valence-corrected chi connectivity index (χ4v) is 2.43. The number of carbonyl (C=O) groups excluding carboxylic acids is 2. The van der Waals surface area contributed by atoms with Crippen LogP contribution in [0, 0.1) is 5.82 Å². The summed E-state index contributed by atoms with van der Waals surface area (Å²) in [6, 6.07) is 2.94. The summed E-state index contributed by atoms with van der Waals surface area (Å²) in [6.07, 6.45) is 0.791.